The van der Waals surface area contributed by atoms with E-state index in [4.69, 9.17) is 30.1 Å². The van der Waals surface area contributed by atoms with Crippen LogP contribution < -0.4 is 14.9 Å². The molecule has 0 saturated carbocycles. The number of ether oxygens (including phenoxy) is 3. The summed E-state index contributed by atoms with van der Waals surface area (Å²) in [6, 6.07) is 16.7. The number of hydrogen-bond acceptors (Lipinski definition) is 7. The van der Waals surface area contributed by atoms with E-state index in [1.807, 2.05) is 70.2 Å². The lowest BCUT2D eigenvalue weighted by molar-refractivity contribution is -0.139. The molecule has 3 aromatic rings. The van der Waals surface area contributed by atoms with Crippen LogP contribution in [0.1, 0.15) is 50.8 Å². The Kier molecular flexibility index (Phi) is 9.74. The summed E-state index contributed by atoms with van der Waals surface area (Å²) in [6.07, 6.45) is 1.45. The van der Waals surface area contributed by atoms with E-state index in [0.717, 1.165) is 22.2 Å². The zero-order valence-electron chi connectivity index (χ0n) is 24.0. The van der Waals surface area contributed by atoms with Crippen LogP contribution in [0.4, 0.5) is 5.69 Å². The fraction of sp³-hybridized carbons (Fsp3) is 0.387. The van der Waals surface area contributed by atoms with E-state index < -0.39 is 18.3 Å². The fourth-order valence-corrected chi connectivity index (χ4v) is 4.65. The summed E-state index contributed by atoms with van der Waals surface area (Å²) in [5, 5.41) is 0. The molecule has 4 rings (SSSR count). The number of rotatable bonds is 11. The molecular formula is C31H34BBrN2O6. The van der Waals surface area contributed by atoms with E-state index in [0.29, 0.717) is 48.0 Å². The number of esters is 1. The molecule has 0 aliphatic carbocycles. The van der Waals surface area contributed by atoms with Gasteiger partial charge in [-0.2, -0.15) is 0 Å². The van der Waals surface area contributed by atoms with Crippen molar-refractivity contribution in [3.05, 3.63) is 87.3 Å². The summed E-state index contributed by atoms with van der Waals surface area (Å²) in [7, 11) is 0.820. The number of aromatic nitrogens is 1. The molecule has 8 nitrogen and oxygen atoms in total. The van der Waals surface area contributed by atoms with E-state index >= 15 is 0 Å². The van der Waals surface area contributed by atoms with Gasteiger partial charge in [-0.25, -0.2) is 9.83 Å². The largest absolute Gasteiger partial charge is 0.494 e. The highest BCUT2D eigenvalue weighted by atomic mass is 79.9. The first-order valence-corrected chi connectivity index (χ1v) is 14.2. The first-order chi connectivity index (χ1) is 19.5. The zero-order valence-corrected chi connectivity index (χ0v) is 25.6. The van der Waals surface area contributed by atoms with Crippen molar-refractivity contribution in [2.24, 2.45) is 0 Å². The van der Waals surface area contributed by atoms with Crippen molar-refractivity contribution in [3.8, 4) is 11.6 Å². The number of hydrogen-bond donors (Lipinski definition) is 0. The first kappa shape index (κ1) is 30.6. The lowest BCUT2D eigenvalue weighted by Gasteiger charge is -2.32. The van der Waals surface area contributed by atoms with E-state index in [2.05, 4.69) is 25.8 Å². The third-order valence-corrected chi connectivity index (χ3v) is 7.85. The number of halogens is 1. The Balaban J connectivity index is 1.45. The van der Waals surface area contributed by atoms with E-state index in [9.17, 15) is 4.79 Å². The van der Waals surface area contributed by atoms with E-state index in [-0.39, 0.29) is 12.4 Å². The Labute approximate surface area is 250 Å². The zero-order chi connectivity index (χ0) is 29.6. The van der Waals surface area contributed by atoms with Gasteiger partial charge in [-0.15, -0.1) is 0 Å². The Morgan fingerprint density at radius 3 is 2.41 bits per heavy atom. The number of pyridine rings is 1. The average Bonchev–Trinajstić information content (AvgIpc) is 3.17. The second-order valence-corrected chi connectivity index (χ2v) is 11.6. The van der Waals surface area contributed by atoms with Crippen molar-refractivity contribution in [2.75, 3.05) is 13.7 Å². The molecule has 214 valence electrons. The van der Waals surface area contributed by atoms with Crippen LogP contribution in [0, 0.1) is 6.57 Å². The predicted octanol–water partition coefficient (Wildman–Crippen LogP) is 6.00. The molecule has 0 spiro atoms. The maximum Gasteiger partial charge on any atom is 0.494 e. The summed E-state index contributed by atoms with van der Waals surface area (Å²) in [5.41, 5.74) is 3.15. The number of methoxy groups -OCH3 is 1. The molecule has 0 amide bonds. The maximum atomic E-state index is 12.1. The van der Waals surface area contributed by atoms with Crippen LogP contribution in [0.25, 0.3) is 4.85 Å². The Hall–Kier alpha value is -3.39. The van der Waals surface area contributed by atoms with Crippen LogP contribution in [0.5, 0.6) is 11.6 Å². The topological polar surface area (TPSA) is 80.5 Å². The van der Waals surface area contributed by atoms with Crippen molar-refractivity contribution in [1.29, 1.82) is 0 Å². The Bertz CT molecular complexity index is 1420. The SMILES string of the molecule is [C-]#[N+]c1ccc(COc2cccc(Br)n2)c(CCCOc2cc(B3OC(C)(C)C(C)(C)O3)ccc2CC(=O)OC)c1. The van der Waals surface area contributed by atoms with Gasteiger partial charge in [-0.3, -0.25) is 4.79 Å². The maximum absolute atomic E-state index is 12.1. The third-order valence-electron chi connectivity index (χ3n) is 7.41. The monoisotopic (exact) mass is 620 g/mol. The molecule has 1 aliphatic heterocycles. The average molecular weight is 621 g/mol. The molecule has 0 bridgehead atoms. The van der Waals surface area contributed by atoms with Gasteiger partial charge in [0.15, 0.2) is 5.69 Å². The van der Waals surface area contributed by atoms with E-state index in [1.54, 1.807) is 12.1 Å². The van der Waals surface area contributed by atoms with Crippen molar-refractivity contribution < 1.29 is 28.3 Å². The molecule has 1 aliphatic rings. The molecule has 2 heterocycles. The second-order valence-electron chi connectivity index (χ2n) is 10.8. The van der Waals surface area contributed by atoms with E-state index in [1.165, 1.54) is 7.11 Å². The van der Waals surface area contributed by atoms with Gasteiger partial charge < -0.3 is 23.5 Å². The molecule has 10 heteroatoms. The van der Waals surface area contributed by atoms with Gasteiger partial charge in [0.2, 0.25) is 5.88 Å². The second kappa shape index (κ2) is 13.1. The summed E-state index contributed by atoms with van der Waals surface area (Å²) in [6.45, 7) is 16.2. The highest BCUT2D eigenvalue weighted by Gasteiger charge is 2.51. The van der Waals surface area contributed by atoms with Gasteiger partial charge in [-0.05, 0) is 79.6 Å². The summed E-state index contributed by atoms with van der Waals surface area (Å²) in [4.78, 5) is 20.0. The minimum absolute atomic E-state index is 0.0909. The van der Waals surface area contributed by atoms with Crippen molar-refractivity contribution in [2.45, 2.75) is 64.8 Å². The minimum atomic E-state index is -0.548. The lowest BCUT2D eigenvalue weighted by atomic mass is 9.78. The summed E-state index contributed by atoms with van der Waals surface area (Å²) < 4.78 is 30.1. The van der Waals surface area contributed by atoms with Crippen LogP contribution in [0.15, 0.2) is 59.2 Å². The third kappa shape index (κ3) is 7.67. The highest BCUT2D eigenvalue weighted by molar-refractivity contribution is 9.10. The van der Waals surface area contributed by atoms with Gasteiger partial charge in [0.05, 0.1) is 37.9 Å². The smallest absolute Gasteiger partial charge is 0.493 e. The van der Waals surface area contributed by atoms with Gasteiger partial charge >= 0.3 is 13.1 Å². The van der Waals surface area contributed by atoms with Crippen molar-refractivity contribution >= 4 is 40.2 Å². The molecule has 1 fully saturated rings. The summed E-state index contributed by atoms with van der Waals surface area (Å²) in [5.74, 6) is 0.753. The molecule has 0 N–H and O–H groups in total. The van der Waals surface area contributed by atoms with Gasteiger partial charge in [0.1, 0.15) is 17.0 Å². The number of benzene rings is 2. The molecule has 1 saturated heterocycles. The minimum Gasteiger partial charge on any atom is -0.493 e. The summed E-state index contributed by atoms with van der Waals surface area (Å²) >= 11 is 3.36. The Morgan fingerprint density at radius 2 is 1.73 bits per heavy atom. The number of nitrogens with zero attached hydrogens (tertiary/aromatic N) is 2. The van der Waals surface area contributed by atoms with Crippen LogP contribution in [-0.2, 0) is 38.3 Å². The fourth-order valence-electron chi connectivity index (χ4n) is 4.33. The first-order valence-electron chi connectivity index (χ1n) is 13.4. The van der Waals surface area contributed by atoms with Crippen molar-refractivity contribution in [3.63, 3.8) is 0 Å². The van der Waals surface area contributed by atoms with Gasteiger partial charge in [-0.1, -0.05) is 42.0 Å². The molecule has 41 heavy (non-hydrogen) atoms. The lowest BCUT2D eigenvalue weighted by Crippen LogP contribution is -2.41. The standard InChI is InChI=1S/C31H34BBrN2O6/c1-30(2)31(3,4)41-32(40-30)24-14-12-22(18-29(36)37-6)26(19-24)38-16-8-9-21-17-25(34-5)15-13-23(21)20-39-28-11-7-10-27(33)35-28/h7,10-15,17,19H,8-9,16,18,20H2,1-4,6H3. The van der Waals surface area contributed by atoms with Crippen LogP contribution in [0.2, 0.25) is 0 Å². The molecule has 0 radical (unpaired) electrons. The van der Waals surface area contributed by atoms with Crippen LogP contribution in [-0.4, -0.2) is 43.0 Å². The number of carbonyl (C=O) groups excluding carboxylic acids is 1. The molecule has 2 aromatic carbocycles. The van der Waals surface area contributed by atoms with Crippen LogP contribution >= 0.6 is 15.9 Å². The number of carbonyl (C=O) groups is 1. The van der Waals surface area contributed by atoms with Crippen molar-refractivity contribution in [1.82, 2.24) is 4.98 Å². The van der Waals surface area contributed by atoms with Gasteiger partial charge in [0, 0.05) is 11.6 Å². The highest BCUT2D eigenvalue weighted by Crippen LogP contribution is 2.37. The predicted molar refractivity (Wildman–Crippen MR) is 161 cm³/mol. The molecular weight excluding hydrogens is 587 g/mol. The molecule has 0 unspecified atom stereocenters. The molecule has 0 atom stereocenters. The number of aryl methyl sites for hydroxylation is 1. The normalized spacial score (nSPS) is 15.3. The van der Waals surface area contributed by atoms with Gasteiger partial charge in [0.25, 0.3) is 0 Å². The molecule has 1 aromatic heterocycles. The quantitative estimate of drug-likeness (QED) is 0.0855. The Morgan fingerprint density at radius 1 is 1.00 bits per heavy atom. The van der Waals surface area contributed by atoms with Crippen LogP contribution in [0.3, 0.4) is 0 Å².